The first-order valence-corrected chi connectivity index (χ1v) is 8.11. The summed E-state index contributed by atoms with van der Waals surface area (Å²) < 4.78 is 0. The molecular weight excluding hydrogens is 310 g/mol. The molecule has 1 fully saturated rings. The summed E-state index contributed by atoms with van der Waals surface area (Å²) in [6.07, 6.45) is 5.59. The number of carbonyl (C=O) groups excluding carboxylic acids is 1. The molecule has 2 rings (SSSR count). The minimum absolute atomic E-state index is 0.165. The number of benzene rings is 1. The SMILES string of the molecule is C=N/C(Cl)=C\C=C(/C)C(=O)Nc1ccc([C@H]2CCCNC2)cc1. The van der Waals surface area contributed by atoms with Crippen molar-refractivity contribution in [3.8, 4) is 0 Å². The Morgan fingerprint density at radius 2 is 2.13 bits per heavy atom. The maximum atomic E-state index is 12.1. The average molecular weight is 332 g/mol. The highest BCUT2D eigenvalue weighted by Crippen LogP contribution is 2.24. The summed E-state index contributed by atoms with van der Waals surface area (Å²) in [5, 5.41) is 6.54. The molecule has 5 heteroatoms. The van der Waals surface area contributed by atoms with Gasteiger partial charge < -0.3 is 10.6 Å². The molecule has 1 amide bonds. The Kier molecular flexibility index (Phi) is 6.56. The van der Waals surface area contributed by atoms with Crippen molar-refractivity contribution in [3.05, 3.63) is 52.7 Å². The van der Waals surface area contributed by atoms with E-state index in [-0.39, 0.29) is 11.1 Å². The normalized spacial score (nSPS) is 19.3. The molecule has 1 aromatic rings. The van der Waals surface area contributed by atoms with Crippen LogP contribution in [0.3, 0.4) is 0 Å². The molecule has 122 valence electrons. The molecule has 0 unspecified atom stereocenters. The second-order valence-corrected chi connectivity index (χ2v) is 6.00. The van der Waals surface area contributed by atoms with E-state index in [1.807, 2.05) is 12.1 Å². The topological polar surface area (TPSA) is 53.5 Å². The van der Waals surface area contributed by atoms with Gasteiger partial charge in [-0.1, -0.05) is 29.8 Å². The number of halogens is 1. The molecule has 0 aromatic heterocycles. The molecule has 1 aliphatic heterocycles. The predicted octanol–water partition coefficient (Wildman–Crippen LogP) is 3.82. The van der Waals surface area contributed by atoms with E-state index in [4.69, 9.17) is 11.6 Å². The van der Waals surface area contributed by atoms with Gasteiger partial charge in [-0.05, 0) is 62.7 Å². The highest BCUT2D eigenvalue weighted by Gasteiger charge is 2.14. The molecule has 1 heterocycles. The lowest BCUT2D eigenvalue weighted by Crippen LogP contribution is -2.28. The van der Waals surface area contributed by atoms with E-state index < -0.39 is 0 Å². The molecule has 0 spiro atoms. The number of amides is 1. The summed E-state index contributed by atoms with van der Waals surface area (Å²) in [6, 6.07) is 8.07. The van der Waals surface area contributed by atoms with Crippen molar-refractivity contribution in [1.82, 2.24) is 5.32 Å². The molecule has 2 N–H and O–H groups in total. The van der Waals surface area contributed by atoms with Gasteiger partial charge in [0, 0.05) is 17.8 Å². The number of nitrogens with zero attached hydrogens (tertiary/aromatic N) is 1. The Labute approximate surface area is 142 Å². The first kappa shape index (κ1) is 17.4. The lowest BCUT2D eigenvalue weighted by atomic mass is 9.91. The quantitative estimate of drug-likeness (QED) is 0.373. The molecule has 0 saturated carbocycles. The Balaban J connectivity index is 1.97. The Morgan fingerprint density at radius 3 is 2.74 bits per heavy atom. The number of hydrogen-bond donors (Lipinski definition) is 2. The van der Waals surface area contributed by atoms with Crippen molar-refractivity contribution in [1.29, 1.82) is 0 Å². The fraction of sp³-hybridized carbons (Fsp3) is 0.333. The lowest BCUT2D eigenvalue weighted by molar-refractivity contribution is -0.112. The average Bonchev–Trinajstić information content (AvgIpc) is 2.60. The number of carbonyl (C=O) groups is 1. The number of anilines is 1. The smallest absolute Gasteiger partial charge is 0.251 e. The summed E-state index contributed by atoms with van der Waals surface area (Å²) in [5.74, 6) is 0.399. The summed E-state index contributed by atoms with van der Waals surface area (Å²) in [5.41, 5.74) is 2.65. The zero-order valence-corrected chi connectivity index (χ0v) is 14.1. The predicted molar refractivity (Wildman–Crippen MR) is 97.2 cm³/mol. The van der Waals surface area contributed by atoms with Crippen LogP contribution in [0.25, 0.3) is 0 Å². The van der Waals surface area contributed by atoms with E-state index in [2.05, 4.69) is 34.5 Å². The fourth-order valence-corrected chi connectivity index (χ4v) is 2.59. The van der Waals surface area contributed by atoms with Gasteiger partial charge in [-0.3, -0.25) is 9.79 Å². The molecule has 0 bridgehead atoms. The standard InChI is InChI=1S/C18H22ClN3O/c1-13(5-10-17(19)20-2)18(23)22-16-8-6-14(7-9-16)15-4-3-11-21-12-15/h5-10,15,21H,2-4,11-12H2,1H3,(H,22,23)/b13-5+,17-10-/t15-/m0/s1. The monoisotopic (exact) mass is 331 g/mol. The van der Waals surface area contributed by atoms with E-state index in [9.17, 15) is 4.79 Å². The maximum Gasteiger partial charge on any atom is 0.251 e. The van der Waals surface area contributed by atoms with Crippen LogP contribution in [-0.4, -0.2) is 25.7 Å². The van der Waals surface area contributed by atoms with Crippen LogP contribution in [0.15, 0.2) is 52.1 Å². The van der Waals surface area contributed by atoms with Gasteiger partial charge in [-0.15, -0.1) is 0 Å². The second kappa shape index (κ2) is 8.65. The second-order valence-electron chi connectivity index (χ2n) is 5.62. The van der Waals surface area contributed by atoms with Gasteiger partial charge in [0.05, 0.1) is 0 Å². The molecule has 23 heavy (non-hydrogen) atoms. The number of rotatable bonds is 5. The van der Waals surface area contributed by atoms with E-state index in [1.54, 1.807) is 19.1 Å². The first-order valence-electron chi connectivity index (χ1n) is 7.73. The molecule has 1 atom stereocenters. The highest BCUT2D eigenvalue weighted by atomic mass is 35.5. The number of nitrogens with one attached hydrogen (secondary N) is 2. The highest BCUT2D eigenvalue weighted by molar-refractivity contribution is 6.29. The largest absolute Gasteiger partial charge is 0.322 e. The molecular formula is C18H22ClN3O. The summed E-state index contributed by atoms with van der Waals surface area (Å²) in [7, 11) is 0. The van der Waals surface area contributed by atoms with Crippen LogP contribution >= 0.6 is 11.6 Å². The van der Waals surface area contributed by atoms with Crippen molar-refractivity contribution in [2.24, 2.45) is 4.99 Å². The molecule has 0 radical (unpaired) electrons. The fourth-order valence-electron chi connectivity index (χ4n) is 2.53. The number of allylic oxidation sites excluding steroid dienone is 2. The first-order chi connectivity index (χ1) is 11.1. The van der Waals surface area contributed by atoms with E-state index in [0.29, 0.717) is 11.5 Å². The molecule has 4 nitrogen and oxygen atoms in total. The minimum atomic E-state index is -0.165. The van der Waals surface area contributed by atoms with Crippen LogP contribution in [0, 0.1) is 0 Å². The van der Waals surface area contributed by atoms with Crippen LogP contribution in [-0.2, 0) is 4.79 Å². The van der Waals surface area contributed by atoms with Gasteiger partial charge in [0.25, 0.3) is 5.91 Å². The van der Waals surface area contributed by atoms with Gasteiger partial charge in [0.15, 0.2) is 0 Å². The third kappa shape index (κ3) is 5.34. The van der Waals surface area contributed by atoms with Crippen LogP contribution < -0.4 is 10.6 Å². The van der Waals surface area contributed by atoms with Crippen molar-refractivity contribution < 1.29 is 4.79 Å². The summed E-state index contributed by atoms with van der Waals surface area (Å²) in [6.45, 7) is 7.17. The lowest BCUT2D eigenvalue weighted by Gasteiger charge is -2.23. The van der Waals surface area contributed by atoms with Gasteiger partial charge in [0.2, 0.25) is 0 Å². The van der Waals surface area contributed by atoms with Gasteiger partial charge in [-0.2, -0.15) is 0 Å². The van der Waals surface area contributed by atoms with Crippen LogP contribution in [0.5, 0.6) is 0 Å². The summed E-state index contributed by atoms with van der Waals surface area (Å²) in [4.78, 5) is 15.6. The zero-order valence-electron chi connectivity index (χ0n) is 13.3. The number of hydrogen-bond acceptors (Lipinski definition) is 3. The van der Waals surface area contributed by atoms with Crippen molar-refractivity contribution in [3.63, 3.8) is 0 Å². The van der Waals surface area contributed by atoms with Crippen LogP contribution in [0.4, 0.5) is 5.69 Å². The Hall–Kier alpha value is -1.91. The summed E-state index contributed by atoms with van der Waals surface area (Å²) >= 11 is 5.72. The van der Waals surface area contributed by atoms with Gasteiger partial charge in [0.1, 0.15) is 5.16 Å². The van der Waals surface area contributed by atoms with E-state index in [0.717, 1.165) is 18.8 Å². The molecule has 1 aliphatic rings. The van der Waals surface area contributed by atoms with Crippen molar-refractivity contribution >= 4 is 29.9 Å². The van der Waals surface area contributed by atoms with Gasteiger partial charge >= 0.3 is 0 Å². The Morgan fingerprint density at radius 1 is 1.39 bits per heavy atom. The molecule has 0 aliphatic carbocycles. The van der Waals surface area contributed by atoms with Crippen molar-refractivity contribution in [2.45, 2.75) is 25.7 Å². The van der Waals surface area contributed by atoms with Crippen molar-refractivity contribution in [2.75, 3.05) is 18.4 Å². The van der Waals surface area contributed by atoms with E-state index >= 15 is 0 Å². The maximum absolute atomic E-state index is 12.1. The van der Waals surface area contributed by atoms with Crippen LogP contribution in [0.1, 0.15) is 31.2 Å². The van der Waals surface area contributed by atoms with Gasteiger partial charge in [-0.25, -0.2) is 0 Å². The number of aliphatic imine (C=N–C) groups is 1. The third-order valence-electron chi connectivity index (χ3n) is 3.92. The molecule has 1 saturated heterocycles. The Bertz CT molecular complexity index is 614. The van der Waals surface area contributed by atoms with Crippen LogP contribution in [0.2, 0.25) is 0 Å². The molecule has 1 aromatic carbocycles. The number of piperidine rings is 1. The van der Waals surface area contributed by atoms with E-state index in [1.165, 1.54) is 18.4 Å². The third-order valence-corrected chi connectivity index (χ3v) is 4.16. The minimum Gasteiger partial charge on any atom is -0.322 e. The zero-order chi connectivity index (χ0) is 16.7.